The number of hydrogen-bond acceptors (Lipinski definition) is 5. The lowest BCUT2D eigenvalue weighted by Crippen LogP contribution is -2.44. The van der Waals surface area contributed by atoms with E-state index in [-0.39, 0.29) is 24.3 Å². The van der Waals surface area contributed by atoms with Gasteiger partial charge in [0, 0.05) is 31.3 Å². The average Bonchev–Trinajstić information content (AvgIpc) is 2.85. The number of methoxy groups -OCH3 is 2. The van der Waals surface area contributed by atoms with Crippen molar-refractivity contribution in [3.63, 3.8) is 0 Å². The van der Waals surface area contributed by atoms with Gasteiger partial charge >= 0.3 is 17.9 Å². The van der Waals surface area contributed by atoms with Gasteiger partial charge in [0.25, 0.3) is 0 Å². The lowest BCUT2D eigenvalue weighted by Gasteiger charge is -2.24. The number of carbonyl (C=O) groups is 1. The van der Waals surface area contributed by atoms with Crippen LogP contribution < -0.4 is 31.7 Å². The van der Waals surface area contributed by atoms with E-state index in [1.807, 2.05) is 6.07 Å². The molecule has 0 radical (unpaired) electrons. The Kier molecular flexibility index (Phi) is 7.25. The van der Waals surface area contributed by atoms with Gasteiger partial charge in [0.2, 0.25) is 0 Å². The van der Waals surface area contributed by atoms with E-state index in [0.717, 1.165) is 23.3 Å². The molecule has 0 atom stereocenters. The van der Waals surface area contributed by atoms with Gasteiger partial charge in [-0.15, -0.1) is 0 Å². The molecular formula is C26H28F3N5O4. The molecule has 2 aromatic carbocycles. The number of nitrogens with zero attached hydrogens (tertiary/aromatic N) is 3. The number of aryl methyl sites for hydroxylation is 3. The highest BCUT2D eigenvalue weighted by Gasteiger charge is 2.31. The topological polar surface area (TPSA) is 113 Å². The van der Waals surface area contributed by atoms with Crippen molar-refractivity contribution in [1.82, 2.24) is 14.5 Å². The van der Waals surface area contributed by atoms with E-state index in [2.05, 4.69) is 10.3 Å². The molecular weight excluding hydrogens is 503 g/mol. The molecule has 9 nitrogen and oxygen atoms in total. The van der Waals surface area contributed by atoms with Crippen LogP contribution in [0.3, 0.4) is 0 Å². The molecule has 0 spiro atoms. The van der Waals surface area contributed by atoms with Gasteiger partial charge in [0.05, 0.1) is 31.2 Å². The van der Waals surface area contributed by atoms with Crippen LogP contribution in [0.1, 0.15) is 22.3 Å². The van der Waals surface area contributed by atoms with Crippen LogP contribution >= 0.6 is 0 Å². The quantitative estimate of drug-likeness (QED) is 0.508. The van der Waals surface area contributed by atoms with E-state index in [1.54, 1.807) is 23.8 Å². The molecule has 0 bridgehead atoms. The maximum absolute atomic E-state index is 13.7. The number of benzene rings is 2. The van der Waals surface area contributed by atoms with Crippen molar-refractivity contribution in [1.29, 1.82) is 0 Å². The second kappa shape index (κ2) is 10.3. The summed E-state index contributed by atoms with van der Waals surface area (Å²) in [6.07, 6.45) is -3.93. The van der Waals surface area contributed by atoms with Crippen LogP contribution in [0.25, 0.3) is 11.3 Å². The summed E-state index contributed by atoms with van der Waals surface area (Å²) in [5, 5.41) is 2.46. The predicted octanol–water partition coefficient (Wildman–Crippen LogP) is 3.43. The van der Waals surface area contributed by atoms with Crippen LogP contribution in [0.5, 0.6) is 11.5 Å². The first-order valence-electron chi connectivity index (χ1n) is 11.8. The Labute approximate surface area is 216 Å². The predicted molar refractivity (Wildman–Crippen MR) is 135 cm³/mol. The third kappa shape index (κ3) is 5.11. The summed E-state index contributed by atoms with van der Waals surface area (Å²) in [7, 11) is 3.06. The summed E-state index contributed by atoms with van der Waals surface area (Å²) in [5.41, 5.74) is 7.47. The van der Waals surface area contributed by atoms with Crippen molar-refractivity contribution >= 4 is 11.7 Å². The lowest BCUT2D eigenvalue weighted by molar-refractivity contribution is -0.137. The maximum Gasteiger partial charge on any atom is 0.416 e. The first kappa shape index (κ1) is 26.8. The molecule has 2 heterocycles. The number of fused-ring (bicyclic) bond motifs is 3. The van der Waals surface area contributed by atoms with E-state index in [9.17, 15) is 22.8 Å². The maximum atomic E-state index is 13.7. The molecule has 202 valence electrons. The number of ether oxygens (including phenoxy) is 2. The van der Waals surface area contributed by atoms with Gasteiger partial charge in [0.15, 0.2) is 11.5 Å². The Morgan fingerprint density at radius 1 is 1.08 bits per heavy atom. The molecule has 0 unspecified atom stereocenters. The number of urea groups is 1. The molecule has 2 amide bonds. The molecule has 0 fully saturated rings. The Balaban J connectivity index is 1.97. The van der Waals surface area contributed by atoms with Gasteiger partial charge in [-0.2, -0.15) is 13.2 Å². The molecule has 1 aliphatic rings. The van der Waals surface area contributed by atoms with Crippen LogP contribution in [0, 0.1) is 13.8 Å². The van der Waals surface area contributed by atoms with E-state index in [1.165, 1.54) is 25.5 Å². The fourth-order valence-electron chi connectivity index (χ4n) is 4.67. The molecule has 4 rings (SSSR count). The normalized spacial score (nSPS) is 13.1. The third-order valence-electron chi connectivity index (χ3n) is 6.46. The largest absolute Gasteiger partial charge is 0.493 e. The lowest BCUT2D eigenvalue weighted by atomic mass is 9.97. The molecule has 1 aromatic heterocycles. The summed E-state index contributed by atoms with van der Waals surface area (Å²) in [5.74, 6) is 1.05. The third-order valence-corrected chi connectivity index (χ3v) is 6.46. The summed E-state index contributed by atoms with van der Waals surface area (Å²) in [4.78, 5) is 29.5. The Hall–Kier alpha value is -4.22. The van der Waals surface area contributed by atoms with Crippen LogP contribution in [0.2, 0.25) is 0 Å². The monoisotopic (exact) mass is 531 g/mol. The number of primary amides is 1. The van der Waals surface area contributed by atoms with Gasteiger partial charge < -0.3 is 20.5 Å². The standard InChI is InChI=1S/C26H28F3N5O4/c1-14-9-17(26(27,28)29)10-15(2)23(14)32-22-13-19-18-12-21(38-4)20(37-3)11-16(18)5-7-33(19)25(36)34(22)8-6-31-24(30)35/h9-13H,5-8H2,1-4H3,(H3,30,31,35)/b32-22+. The molecule has 1 aliphatic heterocycles. The van der Waals surface area contributed by atoms with Crippen molar-refractivity contribution in [3.05, 3.63) is 68.6 Å². The number of hydrogen-bond donors (Lipinski definition) is 2. The molecule has 3 N–H and O–H groups in total. The molecule has 38 heavy (non-hydrogen) atoms. The molecule has 3 aromatic rings. The zero-order chi connectivity index (χ0) is 27.8. The molecule has 0 saturated heterocycles. The van der Waals surface area contributed by atoms with Crippen LogP contribution in [-0.2, 0) is 25.7 Å². The Bertz CT molecular complexity index is 1520. The highest BCUT2D eigenvalue weighted by Crippen LogP contribution is 2.38. The minimum Gasteiger partial charge on any atom is -0.493 e. The molecule has 12 heteroatoms. The van der Waals surface area contributed by atoms with Crippen molar-refractivity contribution in [2.75, 3.05) is 20.8 Å². The fourth-order valence-corrected chi connectivity index (χ4v) is 4.67. The average molecular weight is 532 g/mol. The zero-order valence-corrected chi connectivity index (χ0v) is 21.4. The smallest absolute Gasteiger partial charge is 0.416 e. The zero-order valence-electron chi connectivity index (χ0n) is 21.4. The van der Waals surface area contributed by atoms with Crippen molar-refractivity contribution in [2.24, 2.45) is 10.7 Å². The SMILES string of the molecule is COc1cc2c(cc1OC)-c1c/c(=N\c3c(C)cc(C(F)(F)F)cc3C)n(CCNC(N)=O)c(=O)n1CC2. The summed E-state index contributed by atoms with van der Waals surface area (Å²) in [6.45, 7) is 3.58. The Morgan fingerprint density at radius 3 is 2.29 bits per heavy atom. The van der Waals surface area contributed by atoms with Crippen molar-refractivity contribution < 1.29 is 27.4 Å². The van der Waals surface area contributed by atoms with E-state index in [0.29, 0.717) is 47.0 Å². The Morgan fingerprint density at radius 2 is 1.71 bits per heavy atom. The van der Waals surface area contributed by atoms with Gasteiger partial charge in [-0.05, 0) is 61.2 Å². The van der Waals surface area contributed by atoms with Crippen LogP contribution in [-0.4, -0.2) is 35.9 Å². The van der Waals surface area contributed by atoms with Gasteiger partial charge in [0.1, 0.15) is 5.49 Å². The molecule has 0 aliphatic carbocycles. The van der Waals surface area contributed by atoms with Crippen LogP contribution in [0.4, 0.5) is 23.7 Å². The second-order valence-corrected chi connectivity index (χ2v) is 8.95. The van der Waals surface area contributed by atoms with Gasteiger partial charge in [-0.1, -0.05) is 0 Å². The first-order valence-corrected chi connectivity index (χ1v) is 11.8. The minimum atomic E-state index is -4.50. The number of aromatic nitrogens is 2. The van der Waals surface area contributed by atoms with E-state index >= 15 is 0 Å². The second-order valence-electron chi connectivity index (χ2n) is 8.95. The number of nitrogens with one attached hydrogen (secondary N) is 1. The van der Waals surface area contributed by atoms with Crippen LogP contribution in [0.15, 0.2) is 40.1 Å². The number of nitrogens with two attached hydrogens (primary N) is 1. The summed E-state index contributed by atoms with van der Waals surface area (Å²) in [6, 6.07) is 6.68. The number of carbonyl (C=O) groups excluding carboxylic acids is 1. The number of halogens is 3. The van der Waals surface area contributed by atoms with Crippen molar-refractivity contribution in [2.45, 2.75) is 39.5 Å². The summed E-state index contributed by atoms with van der Waals surface area (Å²) >= 11 is 0. The van der Waals surface area contributed by atoms with E-state index < -0.39 is 17.8 Å². The first-order chi connectivity index (χ1) is 17.9. The van der Waals surface area contributed by atoms with Gasteiger partial charge in [-0.25, -0.2) is 14.6 Å². The van der Waals surface area contributed by atoms with Crippen molar-refractivity contribution in [3.8, 4) is 22.8 Å². The fraction of sp³-hybridized carbons (Fsp3) is 0.346. The minimum absolute atomic E-state index is 0.0540. The number of amides is 2. The number of alkyl halides is 3. The highest BCUT2D eigenvalue weighted by atomic mass is 19.4. The van der Waals surface area contributed by atoms with E-state index in [4.69, 9.17) is 15.2 Å². The van der Waals surface area contributed by atoms with Gasteiger partial charge in [-0.3, -0.25) is 9.13 Å². The highest BCUT2D eigenvalue weighted by molar-refractivity contribution is 5.71. The number of rotatable bonds is 6. The summed E-state index contributed by atoms with van der Waals surface area (Å²) < 4.78 is 53.8. The molecule has 0 saturated carbocycles.